The molecule has 0 unspecified atom stereocenters. The maximum atomic E-state index is 11.8. The third-order valence-electron chi connectivity index (χ3n) is 3.11. The van der Waals surface area contributed by atoms with E-state index >= 15 is 0 Å². The van der Waals surface area contributed by atoms with Crippen molar-refractivity contribution in [3.8, 4) is 16.3 Å². The molecular formula is C16H15N3O2S2. The minimum atomic E-state index is -0.392. The molecule has 0 aliphatic carbocycles. The summed E-state index contributed by atoms with van der Waals surface area (Å²) in [4.78, 5) is 16.2. The van der Waals surface area contributed by atoms with Gasteiger partial charge in [-0.3, -0.25) is 0 Å². The minimum absolute atomic E-state index is 0.339. The molecule has 3 aromatic rings. The van der Waals surface area contributed by atoms with Crippen LogP contribution >= 0.6 is 23.1 Å². The SMILES string of the molecule is CCOC(=O)c1csc(-c2cn(-c3ccccc3)nc2SC)n1. The zero-order valence-corrected chi connectivity index (χ0v) is 14.4. The summed E-state index contributed by atoms with van der Waals surface area (Å²) in [6.45, 7) is 2.12. The average molecular weight is 345 g/mol. The zero-order chi connectivity index (χ0) is 16.2. The summed E-state index contributed by atoms with van der Waals surface area (Å²) in [7, 11) is 0. The largest absolute Gasteiger partial charge is 0.461 e. The van der Waals surface area contributed by atoms with E-state index in [4.69, 9.17) is 4.74 Å². The molecule has 0 bridgehead atoms. The van der Waals surface area contributed by atoms with Gasteiger partial charge < -0.3 is 4.74 Å². The predicted molar refractivity (Wildman–Crippen MR) is 92.4 cm³/mol. The molecule has 7 heteroatoms. The Hall–Kier alpha value is -2.12. The number of thiazole rings is 1. The van der Waals surface area contributed by atoms with Crippen LogP contribution in [0.2, 0.25) is 0 Å². The molecule has 0 spiro atoms. The van der Waals surface area contributed by atoms with Crippen LogP contribution in [0.3, 0.4) is 0 Å². The molecule has 0 aliphatic heterocycles. The number of esters is 1. The standard InChI is InChI=1S/C16H15N3O2S2/c1-3-21-16(20)13-10-23-14(17-13)12-9-19(18-15(12)22-2)11-7-5-4-6-8-11/h4-10H,3H2,1-2H3. The van der Waals surface area contributed by atoms with Crippen molar-refractivity contribution in [3.05, 3.63) is 47.6 Å². The molecule has 0 saturated carbocycles. The molecule has 2 heterocycles. The van der Waals surface area contributed by atoms with E-state index in [9.17, 15) is 4.79 Å². The molecule has 0 aliphatic rings. The predicted octanol–water partition coefficient (Wildman–Crippen LogP) is 3.89. The van der Waals surface area contributed by atoms with E-state index in [0.717, 1.165) is 21.3 Å². The number of thioether (sulfide) groups is 1. The lowest BCUT2D eigenvalue weighted by atomic mass is 10.3. The van der Waals surface area contributed by atoms with Gasteiger partial charge >= 0.3 is 5.97 Å². The summed E-state index contributed by atoms with van der Waals surface area (Å²) in [6, 6.07) is 9.89. The van der Waals surface area contributed by atoms with Gasteiger partial charge in [0.25, 0.3) is 0 Å². The molecule has 0 fully saturated rings. The average Bonchev–Trinajstić information content (AvgIpc) is 3.22. The monoisotopic (exact) mass is 345 g/mol. The van der Waals surface area contributed by atoms with E-state index in [1.54, 1.807) is 24.1 Å². The molecule has 23 heavy (non-hydrogen) atoms. The van der Waals surface area contributed by atoms with E-state index in [0.29, 0.717) is 12.3 Å². The van der Waals surface area contributed by atoms with Gasteiger partial charge in [-0.2, -0.15) is 5.10 Å². The van der Waals surface area contributed by atoms with Crippen molar-refractivity contribution >= 4 is 29.1 Å². The number of rotatable bonds is 5. The lowest BCUT2D eigenvalue weighted by Crippen LogP contribution is -2.04. The number of hydrogen-bond acceptors (Lipinski definition) is 6. The Morgan fingerprint density at radius 3 is 2.83 bits per heavy atom. The third kappa shape index (κ3) is 3.30. The lowest BCUT2D eigenvalue weighted by Gasteiger charge is -1.98. The van der Waals surface area contributed by atoms with Gasteiger partial charge in [-0.1, -0.05) is 18.2 Å². The number of aromatic nitrogens is 3. The molecule has 5 nitrogen and oxygen atoms in total. The highest BCUT2D eigenvalue weighted by Gasteiger charge is 2.17. The van der Waals surface area contributed by atoms with Crippen molar-refractivity contribution in [1.82, 2.24) is 14.8 Å². The second-order valence-corrected chi connectivity index (χ2v) is 6.24. The Kier molecular flexibility index (Phi) is 4.78. The first kappa shape index (κ1) is 15.8. The summed E-state index contributed by atoms with van der Waals surface area (Å²) < 4.78 is 6.81. The van der Waals surface area contributed by atoms with Crippen LogP contribution in [-0.2, 0) is 4.74 Å². The first-order valence-corrected chi connectivity index (χ1v) is 9.15. The molecule has 0 saturated heterocycles. The summed E-state index contributed by atoms with van der Waals surface area (Å²) in [5, 5.41) is 7.95. The van der Waals surface area contributed by atoms with Crippen LogP contribution in [0, 0.1) is 0 Å². The highest BCUT2D eigenvalue weighted by molar-refractivity contribution is 7.98. The van der Waals surface area contributed by atoms with Gasteiger partial charge in [0, 0.05) is 11.6 Å². The highest BCUT2D eigenvalue weighted by Crippen LogP contribution is 2.32. The van der Waals surface area contributed by atoms with Crippen molar-refractivity contribution in [2.24, 2.45) is 0 Å². The fourth-order valence-electron chi connectivity index (χ4n) is 2.06. The fraction of sp³-hybridized carbons (Fsp3) is 0.188. The van der Waals surface area contributed by atoms with Gasteiger partial charge in [-0.05, 0) is 25.3 Å². The van der Waals surface area contributed by atoms with Gasteiger partial charge in [0.1, 0.15) is 10.0 Å². The van der Waals surface area contributed by atoms with E-state index in [-0.39, 0.29) is 0 Å². The van der Waals surface area contributed by atoms with Crippen molar-refractivity contribution < 1.29 is 9.53 Å². The molecule has 0 radical (unpaired) electrons. The number of ether oxygens (including phenoxy) is 1. The van der Waals surface area contributed by atoms with E-state index in [2.05, 4.69) is 10.1 Å². The topological polar surface area (TPSA) is 57.0 Å². The molecule has 118 valence electrons. The Labute approximate surface area is 142 Å². The molecular weight excluding hydrogens is 330 g/mol. The maximum Gasteiger partial charge on any atom is 0.357 e. The molecule has 0 atom stereocenters. The third-order valence-corrected chi connectivity index (χ3v) is 4.68. The van der Waals surface area contributed by atoms with Crippen LogP contribution in [0.25, 0.3) is 16.3 Å². The number of para-hydroxylation sites is 1. The lowest BCUT2D eigenvalue weighted by molar-refractivity contribution is 0.0520. The van der Waals surface area contributed by atoms with Crippen molar-refractivity contribution in [2.45, 2.75) is 11.9 Å². The smallest absolute Gasteiger partial charge is 0.357 e. The minimum Gasteiger partial charge on any atom is -0.461 e. The number of carbonyl (C=O) groups excluding carboxylic acids is 1. The molecule has 1 aromatic carbocycles. The number of hydrogen-bond donors (Lipinski definition) is 0. The first-order chi connectivity index (χ1) is 11.2. The Morgan fingerprint density at radius 2 is 2.13 bits per heavy atom. The number of benzene rings is 1. The van der Waals surface area contributed by atoms with E-state index in [1.165, 1.54) is 11.3 Å². The van der Waals surface area contributed by atoms with Gasteiger partial charge in [0.05, 0.1) is 17.9 Å². The maximum absolute atomic E-state index is 11.8. The molecule has 0 N–H and O–H groups in total. The van der Waals surface area contributed by atoms with Crippen molar-refractivity contribution in [2.75, 3.05) is 12.9 Å². The van der Waals surface area contributed by atoms with Crippen LogP contribution in [0.4, 0.5) is 0 Å². The molecule has 3 rings (SSSR count). The Bertz CT molecular complexity index is 812. The van der Waals surface area contributed by atoms with Gasteiger partial charge in [0.15, 0.2) is 5.69 Å². The van der Waals surface area contributed by atoms with E-state index < -0.39 is 5.97 Å². The summed E-state index contributed by atoms with van der Waals surface area (Å²) in [5.41, 5.74) is 2.24. The number of carbonyl (C=O) groups is 1. The fourth-order valence-corrected chi connectivity index (χ4v) is 3.47. The van der Waals surface area contributed by atoms with Crippen LogP contribution < -0.4 is 0 Å². The van der Waals surface area contributed by atoms with Gasteiger partial charge in [0.2, 0.25) is 0 Å². The summed E-state index contributed by atoms with van der Waals surface area (Å²) in [6.07, 6.45) is 3.91. The normalized spacial score (nSPS) is 10.7. The first-order valence-electron chi connectivity index (χ1n) is 7.05. The van der Waals surface area contributed by atoms with Crippen molar-refractivity contribution in [1.29, 1.82) is 0 Å². The molecule has 2 aromatic heterocycles. The van der Waals surface area contributed by atoms with E-state index in [1.807, 2.05) is 47.5 Å². The van der Waals surface area contributed by atoms with Crippen LogP contribution in [0.15, 0.2) is 46.9 Å². The number of nitrogens with zero attached hydrogens (tertiary/aromatic N) is 3. The van der Waals surface area contributed by atoms with Gasteiger partial charge in [-0.25, -0.2) is 14.5 Å². The van der Waals surface area contributed by atoms with Gasteiger partial charge in [-0.15, -0.1) is 23.1 Å². The Morgan fingerprint density at radius 1 is 1.35 bits per heavy atom. The summed E-state index contributed by atoms with van der Waals surface area (Å²) in [5.74, 6) is -0.392. The van der Waals surface area contributed by atoms with Crippen LogP contribution in [-0.4, -0.2) is 33.6 Å². The zero-order valence-electron chi connectivity index (χ0n) is 12.7. The highest BCUT2D eigenvalue weighted by atomic mass is 32.2. The van der Waals surface area contributed by atoms with Crippen LogP contribution in [0.1, 0.15) is 17.4 Å². The molecule has 0 amide bonds. The van der Waals surface area contributed by atoms with Crippen LogP contribution in [0.5, 0.6) is 0 Å². The Balaban J connectivity index is 1.97. The van der Waals surface area contributed by atoms with Crippen molar-refractivity contribution in [3.63, 3.8) is 0 Å². The quantitative estimate of drug-likeness (QED) is 0.518. The summed E-state index contributed by atoms with van der Waals surface area (Å²) >= 11 is 2.97. The second-order valence-electron chi connectivity index (χ2n) is 4.59. The second kappa shape index (κ2) is 6.97.